The maximum atomic E-state index is 5.45. The summed E-state index contributed by atoms with van der Waals surface area (Å²) in [5, 5.41) is 0. The third-order valence-electron chi connectivity index (χ3n) is 2.09. The van der Waals surface area contributed by atoms with E-state index in [2.05, 4.69) is 13.8 Å². The zero-order valence-electron chi connectivity index (χ0n) is 9.45. The first-order valence-electron chi connectivity index (χ1n) is 5.43. The van der Waals surface area contributed by atoms with Crippen LogP contribution in [-0.2, 0) is 4.52 Å². The average Bonchev–Trinajstić information content (AvgIpc) is 2.26. The molecule has 1 rings (SSSR count). The number of aryl methyl sites for hydroxylation is 1. The van der Waals surface area contributed by atoms with Crippen molar-refractivity contribution in [3.8, 4) is 5.75 Å². The summed E-state index contributed by atoms with van der Waals surface area (Å²) >= 11 is 0. The highest BCUT2D eigenvalue weighted by atomic mass is 31.1. The highest BCUT2D eigenvalue weighted by Crippen LogP contribution is 2.21. The van der Waals surface area contributed by atoms with E-state index in [4.69, 9.17) is 9.05 Å². The van der Waals surface area contributed by atoms with Gasteiger partial charge in [0.2, 0.25) is 9.03 Å². The van der Waals surface area contributed by atoms with Crippen LogP contribution in [0.5, 0.6) is 5.75 Å². The van der Waals surface area contributed by atoms with Crippen molar-refractivity contribution in [2.45, 2.75) is 33.1 Å². The average molecular weight is 226 g/mol. The minimum absolute atomic E-state index is 0.118. The summed E-state index contributed by atoms with van der Waals surface area (Å²) in [6, 6.07) is 8.02. The van der Waals surface area contributed by atoms with E-state index in [1.807, 2.05) is 24.3 Å². The molecule has 15 heavy (non-hydrogen) atoms. The Bertz CT molecular complexity index is 259. The van der Waals surface area contributed by atoms with Gasteiger partial charge in [-0.15, -0.1) is 0 Å². The number of hydrogen-bond acceptors (Lipinski definition) is 2. The predicted octanol–water partition coefficient (Wildman–Crippen LogP) is 4.09. The molecule has 1 aromatic carbocycles. The number of hydrogen-bond donors (Lipinski definition) is 0. The SMILES string of the molecule is CCCCCOPOc1ccc(C)cc1. The number of benzene rings is 1. The van der Waals surface area contributed by atoms with E-state index in [0.29, 0.717) is 0 Å². The van der Waals surface area contributed by atoms with E-state index in [0.717, 1.165) is 18.8 Å². The Morgan fingerprint density at radius 1 is 1.13 bits per heavy atom. The molecule has 0 amide bonds. The van der Waals surface area contributed by atoms with Gasteiger partial charge in [-0.3, -0.25) is 0 Å². The van der Waals surface area contributed by atoms with Crippen LogP contribution in [0.1, 0.15) is 31.7 Å². The predicted molar refractivity (Wildman–Crippen MR) is 65.6 cm³/mol. The van der Waals surface area contributed by atoms with Crippen LogP contribution in [-0.4, -0.2) is 6.61 Å². The van der Waals surface area contributed by atoms with Crippen molar-refractivity contribution < 1.29 is 9.05 Å². The van der Waals surface area contributed by atoms with Gasteiger partial charge in [-0.25, -0.2) is 0 Å². The van der Waals surface area contributed by atoms with E-state index >= 15 is 0 Å². The van der Waals surface area contributed by atoms with Gasteiger partial charge in [0.15, 0.2) is 0 Å². The highest BCUT2D eigenvalue weighted by molar-refractivity contribution is 7.26. The molecule has 0 fully saturated rings. The van der Waals surface area contributed by atoms with Crippen LogP contribution in [0.4, 0.5) is 0 Å². The minimum atomic E-state index is 0.118. The lowest BCUT2D eigenvalue weighted by Gasteiger charge is -2.05. The Morgan fingerprint density at radius 2 is 1.87 bits per heavy atom. The van der Waals surface area contributed by atoms with Crippen molar-refractivity contribution >= 4 is 9.03 Å². The summed E-state index contributed by atoms with van der Waals surface area (Å²) in [4.78, 5) is 0. The fourth-order valence-electron chi connectivity index (χ4n) is 1.15. The van der Waals surface area contributed by atoms with Gasteiger partial charge < -0.3 is 9.05 Å². The molecule has 1 atom stereocenters. The molecule has 0 aliphatic heterocycles. The van der Waals surface area contributed by atoms with Gasteiger partial charge >= 0.3 is 0 Å². The van der Waals surface area contributed by atoms with Crippen LogP contribution in [0.25, 0.3) is 0 Å². The normalized spacial score (nSPS) is 11.1. The van der Waals surface area contributed by atoms with Crippen molar-refractivity contribution in [2.24, 2.45) is 0 Å². The van der Waals surface area contributed by atoms with Crippen LogP contribution >= 0.6 is 9.03 Å². The van der Waals surface area contributed by atoms with Crippen LogP contribution < -0.4 is 4.52 Å². The lowest BCUT2D eigenvalue weighted by Crippen LogP contribution is -1.87. The molecule has 0 radical (unpaired) electrons. The van der Waals surface area contributed by atoms with E-state index in [1.54, 1.807) is 0 Å². The van der Waals surface area contributed by atoms with Gasteiger partial charge in [-0.2, -0.15) is 0 Å². The van der Waals surface area contributed by atoms with Gasteiger partial charge in [0.25, 0.3) is 0 Å². The summed E-state index contributed by atoms with van der Waals surface area (Å²) in [5.41, 5.74) is 1.24. The van der Waals surface area contributed by atoms with E-state index in [1.165, 1.54) is 18.4 Å². The second-order valence-corrected chi connectivity index (χ2v) is 4.21. The lowest BCUT2D eigenvalue weighted by atomic mass is 10.2. The standard InChI is InChI=1S/C12H19O2P/c1-3-4-5-10-13-15-14-12-8-6-11(2)7-9-12/h6-9,15H,3-5,10H2,1-2H3. The van der Waals surface area contributed by atoms with Crippen LogP contribution in [0.15, 0.2) is 24.3 Å². The second kappa shape index (κ2) is 7.67. The smallest absolute Gasteiger partial charge is 0.215 e. The van der Waals surface area contributed by atoms with E-state index in [9.17, 15) is 0 Å². The number of unbranched alkanes of at least 4 members (excludes halogenated alkanes) is 2. The van der Waals surface area contributed by atoms with Crippen LogP contribution in [0.2, 0.25) is 0 Å². The third-order valence-corrected chi connectivity index (χ3v) is 2.73. The molecule has 0 saturated carbocycles. The van der Waals surface area contributed by atoms with Crippen molar-refractivity contribution in [3.63, 3.8) is 0 Å². The minimum Gasteiger partial charge on any atom is -0.450 e. The molecule has 0 aliphatic rings. The van der Waals surface area contributed by atoms with Crippen LogP contribution in [0.3, 0.4) is 0 Å². The first kappa shape index (κ1) is 12.5. The molecule has 0 aromatic heterocycles. The Kier molecular flexibility index (Phi) is 6.38. The Labute approximate surface area is 93.9 Å². The first-order chi connectivity index (χ1) is 7.33. The molecule has 0 N–H and O–H groups in total. The molecule has 3 heteroatoms. The summed E-state index contributed by atoms with van der Waals surface area (Å²) in [7, 11) is 0.118. The van der Waals surface area contributed by atoms with Gasteiger partial charge in [0.05, 0.1) is 6.61 Å². The van der Waals surface area contributed by atoms with Crippen molar-refractivity contribution in [2.75, 3.05) is 6.61 Å². The monoisotopic (exact) mass is 226 g/mol. The van der Waals surface area contributed by atoms with E-state index in [-0.39, 0.29) is 9.03 Å². The summed E-state index contributed by atoms with van der Waals surface area (Å²) in [6.07, 6.45) is 3.58. The maximum absolute atomic E-state index is 5.45. The fraction of sp³-hybridized carbons (Fsp3) is 0.500. The molecule has 0 heterocycles. The molecule has 0 saturated heterocycles. The van der Waals surface area contributed by atoms with Crippen molar-refractivity contribution in [3.05, 3.63) is 29.8 Å². The zero-order valence-corrected chi connectivity index (χ0v) is 10.5. The molecular weight excluding hydrogens is 207 g/mol. The molecule has 0 bridgehead atoms. The van der Waals surface area contributed by atoms with Crippen LogP contribution in [0, 0.1) is 6.92 Å². The Balaban J connectivity index is 2.07. The molecule has 0 spiro atoms. The van der Waals surface area contributed by atoms with Crippen molar-refractivity contribution in [1.82, 2.24) is 0 Å². The summed E-state index contributed by atoms with van der Waals surface area (Å²) in [5.74, 6) is 0.884. The fourth-order valence-corrected chi connectivity index (χ4v) is 1.67. The second-order valence-electron chi connectivity index (χ2n) is 3.55. The largest absolute Gasteiger partial charge is 0.450 e. The Hall–Kier alpha value is -0.590. The molecule has 84 valence electrons. The van der Waals surface area contributed by atoms with E-state index < -0.39 is 0 Å². The molecule has 1 aromatic rings. The molecule has 0 aliphatic carbocycles. The summed E-state index contributed by atoms with van der Waals surface area (Å²) in [6.45, 7) is 5.05. The van der Waals surface area contributed by atoms with Gasteiger partial charge in [0.1, 0.15) is 5.75 Å². The van der Waals surface area contributed by atoms with Gasteiger partial charge in [-0.05, 0) is 25.5 Å². The molecular formula is C12H19O2P. The topological polar surface area (TPSA) is 18.5 Å². The highest BCUT2D eigenvalue weighted by Gasteiger charge is 1.93. The van der Waals surface area contributed by atoms with Gasteiger partial charge in [0, 0.05) is 0 Å². The lowest BCUT2D eigenvalue weighted by molar-refractivity contribution is 0.318. The zero-order chi connectivity index (χ0) is 10.9. The number of rotatable bonds is 7. The molecule has 1 unspecified atom stereocenters. The maximum Gasteiger partial charge on any atom is 0.215 e. The quantitative estimate of drug-likeness (QED) is 0.515. The summed E-state index contributed by atoms with van der Waals surface area (Å²) < 4.78 is 10.8. The Morgan fingerprint density at radius 3 is 2.53 bits per heavy atom. The van der Waals surface area contributed by atoms with Gasteiger partial charge in [-0.1, -0.05) is 37.5 Å². The van der Waals surface area contributed by atoms with Crippen molar-refractivity contribution in [1.29, 1.82) is 0 Å². The first-order valence-corrected chi connectivity index (χ1v) is 6.25. The third kappa shape index (κ3) is 5.76. The molecule has 2 nitrogen and oxygen atoms in total.